The molecule has 64 valence electrons. The molecule has 1 aliphatic carbocycles. The first-order valence-electron chi connectivity index (χ1n) is 4.53. The van der Waals surface area contributed by atoms with Gasteiger partial charge in [-0.25, -0.2) is 0 Å². The lowest BCUT2D eigenvalue weighted by Crippen LogP contribution is -2.27. The van der Waals surface area contributed by atoms with Crippen LogP contribution in [0.3, 0.4) is 0 Å². The minimum Gasteiger partial charge on any atom is -0.330 e. The highest BCUT2D eigenvalue weighted by Gasteiger charge is 2.31. The van der Waals surface area contributed by atoms with E-state index in [0.29, 0.717) is 5.41 Å². The number of nitrogens with two attached hydrogens (primary N) is 1. The van der Waals surface area contributed by atoms with E-state index in [1.165, 1.54) is 31.3 Å². The first-order chi connectivity index (χ1) is 5.18. The Kier molecular flexibility index (Phi) is 2.72. The molecule has 1 fully saturated rings. The molecule has 0 unspecified atom stereocenters. The standard InChI is InChI=1S/C10H19N/c1-9(2)7-10(8-11)5-3-4-6-10/h1,3-8,11H2,2H3. The fraction of sp³-hybridized carbons (Fsp3) is 0.800. The van der Waals surface area contributed by atoms with Gasteiger partial charge in [-0.2, -0.15) is 0 Å². The molecule has 0 amide bonds. The van der Waals surface area contributed by atoms with Gasteiger partial charge in [-0.15, -0.1) is 6.58 Å². The monoisotopic (exact) mass is 153 g/mol. The molecule has 0 atom stereocenters. The van der Waals surface area contributed by atoms with E-state index in [-0.39, 0.29) is 0 Å². The Labute approximate surface area is 69.7 Å². The maximum atomic E-state index is 5.78. The first kappa shape index (κ1) is 8.79. The molecule has 0 radical (unpaired) electrons. The summed E-state index contributed by atoms with van der Waals surface area (Å²) in [6.07, 6.45) is 6.51. The van der Waals surface area contributed by atoms with Crippen LogP contribution in [0.2, 0.25) is 0 Å². The molecule has 2 N–H and O–H groups in total. The van der Waals surface area contributed by atoms with Crippen LogP contribution < -0.4 is 5.73 Å². The van der Waals surface area contributed by atoms with Crippen molar-refractivity contribution in [1.29, 1.82) is 0 Å². The van der Waals surface area contributed by atoms with Crippen LogP contribution in [-0.2, 0) is 0 Å². The molecule has 0 aromatic carbocycles. The van der Waals surface area contributed by atoms with Crippen molar-refractivity contribution in [3.63, 3.8) is 0 Å². The summed E-state index contributed by atoms with van der Waals surface area (Å²) in [5, 5.41) is 0. The maximum Gasteiger partial charge on any atom is -0.00175 e. The zero-order valence-electron chi connectivity index (χ0n) is 7.53. The molecule has 11 heavy (non-hydrogen) atoms. The molecule has 0 spiro atoms. The van der Waals surface area contributed by atoms with Crippen LogP contribution in [-0.4, -0.2) is 6.54 Å². The highest BCUT2D eigenvalue weighted by molar-refractivity contribution is 4.99. The van der Waals surface area contributed by atoms with Gasteiger partial charge >= 0.3 is 0 Å². The molecule has 0 bridgehead atoms. The van der Waals surface area contributed by atoms with E-state index in [9.17, 15) is 0 Å². The SMILES string of the molecule is C=C(C)CC1(CN)CCCC1. The normalized spacial score (nSPS) is 22.0. The van der Waals surface area contributed by atoms with Crippen molar-refractivity contribution in [1.82, 2.24) is 0 Å². The summed E-state index contributed by atoms with van der Waals surface area (Å²) in [6, 6.07) is 0. The molecule has 1 heteroatoms. The predicted molar refractivity (Wildman–Crippen MR) is 49.4 cm³/mol. The van der Waals surface area contributed by atoms with E-state index in [1.807, 2.05) is 0 Å². The van der Waals surface area contributed by atoms with E-state index in [1.54, 1.807) is 0 Å². The lowest BCUT2D eigenvalue weighted by atomic mass is 9.81. The number of hydrogen-bond acceptors (Lipinski definition) is 1. The van der Waals surface area contributed by atoms with Crippen LogP contribution in [0.15, 0.2) is 12.2 Å². The average molecular weight is 153 g/mol. The van der Waals surface area contributed by atoms with Crippen molar-refractivity contribution in [2.75, 3.05) is 6.54 Å². The Morgan fingerprint density at radius 3 is 2.36 bits per heavy atom. The smallest absolute Gasteiger partial charge is 0.00175 e. The predicted octanol–water partition coefficient (Wildman–Crippen LogP) is 2.47. The van der Waals surface area contributed by atoms with Gasteiger partial charge in [0, 0.05) is 0 Å². The zero-order chi connectivity index (χ0) is 8.32. The van der Waals surface area contributed by atoms with Gasteiger partial charge in [-0.1, -0.05) is 18.4 Å². The van der Waals surface area contributed by atoms with Crippen molar-refractivity contribution in [3.05, 3.63) is 12.2 Å². The number of hydrogen-bond donors (Lipinski definition) is 1. The molecule has 0 aromatic heterocycles. The van der Waals surface area contributed by atoms with E-state index in [0.717, 1.165) is 13.0 Å². The Balaban J connectivity index is 2.52. The van der Waals surface area contributed by atoms with Gasteiger partial charge in [0.15, 0.2) is 0 Å². The summed E-state index contributed by atoms with van der Waals surface area (Å²) in [6.45, 7) is 6.91. The minimum atomic E-state index is 0.436. The number of allylic oxidation sites excluding steroid dienone is 1. The van der Waals surface area contributed by atoms with Crippen molar-refractivity contribution in [2.24, 2.45) is 11.1 Å². The van der Waals surface area contributed by atoms with Crippen molar-refractivity contribution >= 4 is 0 Å². The fourth-order valence-corrected chi connectivity index (χ4v) is 2.22. The molecular formula is C10H19N. The van der Waals surface area contributed by atoms with Crippen LogP contribution in [0.25, 0.3) is 0 Å². The molecule has 1 saturated carbocycles. The van der Waals surface area contributed by atoms with Gasteiger partial charge in [-0.05, 0) is 38.1 Å². The first-order valence-corrected chi connectivity index (χ1v) is 4.53. The minimum absolute atomic E-state index is 0.436. The van der Waals surface area contributed by atoms with E-state index in [4.69, 9.17) is 5.73 Å². The molecule has 0 aromatic rings. The van der Waals surface area contributed by atoms with Crippen LogP contribution in [0.1, 0.15) is 39.0 Å². The molecule has 1 nitrogen and oxygen atoms in total. The topological polar surface area (TPSA) is 26.0 Å². The van der Waals surface area contributed by atoms with E-state index >= 15 is 0 Å². The van der Waals surface area contributed by atoms with Crippen LogP contribution in [0.4, 0.5) is 0 Å². The number of rotatable bonds is 3. The van der Waals surface area contributed by atoms with Gasteiger partial charge in [0.2, 0.25) is 0 Å². The molecule has 0 heterocycles. The van der Waals surface area contributed by atoms with Crippen molar-refractivity contribution < 1.29 is 0 Å². The Hall–Kier alpha value is -0.300. The second-order valence-corrected chi connectivity index (χ2v) is 4.05. The zero-order valence-corrected chi connectivity index (χ0v) is 7.53. The maximum absolute atomic E-state index is 5.78. The second-order valence-electron chi connectivity index (χ2n) is 4.05. The van der Waals surface area contributed by atoms with Gasteiger partial charge in [0.05, 0.1) is 0 Å². The summed E-state index contributed by atoms with van der Waals surface area (Å²) in [5.74, 6) is 0. The molecule has 0 aliphatic heterocycles. The summed E-state index contributed by atoms with van der Waals surface area (Å²) in [4.78, 5) is 0. The second kappa shape index (κ2) is 3.40. The van der Waals surface area contributed by atoms with Gasteiger partial charge < -0.3 is 5.73 Å². The largest absolute Gasteiger partial charge is 0.330 e. The summed E-state index contributed by atoms with van der Waals surface area (Å²) < 4.78 is 0. The quantitative estimate of drug-likeness (QED) is 0.619. The van der Waals surface area contributed by atoms with Crippen molar-refractivity contribution in [2.45, 2.75) is 39.0 Å². The third-order valence-electron chi connectivity index (χ3n) is 2.77. The van der Waals surface area contributed by atoms with Crippen LogP contribution in [0, 0.1) is 5.41 Å². The Bertz CT molecular complexity index is 143. The van der Waals surface area contributed by atoms with Gasteiger partial charge in [-0.3, -0.25) is 0 Å². The molecular weight excluding hydrogens is 134 g/mol. The molecule has 0 saturated heterocycles. The van der Waals surface area contributed by atoms with E-state index in [2.05, 4.69) is 13.5 Å². The summed E-state index contributed by atoms with van der Waals surface area (Å²) in [5.41, 5.74) is 7.50. The summed E-state index contributed by atoms with van der Waals surface area (Å²) in [7, 11) is 0. The fourth-order valence-electron chi connectivity index (χ4n) is 2.22. The van der Waals surface area contributed by atoms with E-state index < -0.39 is 0 Å². The Morgan fingerprint density at radius 2 is 2.00 bits per heavy atom. The highest BCUT2D eigenvalue weighted by Crippen LogP contribution is 2.41. The van der Waals surface area contributed by atoms with Crippen LogP contribution in [0.5, 0.6) is 0 Å². The van der Waals surface area contributed by atoms with Crippen LogP contribution >= 0.6 is 0 Å². The third-order valence-corrected chi connectivity index (χ3v) is 2.77. The lowest BCUT2D eigenvalue weighted by molar-refractivity contribution is 0.306. The highest BCUT2D eigenvalue weighted by atomic mass is 14.6. The Morgan fingerprint density at radius 1 is 1.45 bits per heavy atom. The van der Waals surface area contributed by atoms with Gasteiger partial charge in [0.1, 0.15) is 0 Å². The summed E-state index contributed by atoms with van der Waals surface area (Å²) >= 11 is 0. The third kappa shape index (κ3) is 2.06. The van der Waals surface area contributed by atoms with Crippen molar-refractivity contribution in [3.8, 4) is 0 Å². The average Bonchev–Trinajstić information content (AvgIpc) is 2.36. The molecule has 1 rings (SSSR count). The lowest BCUT2D eigenvalue weighted by Gasteiger charge is -2.27. The van der Waals surface area contributed by atoms with Gasteiger partial charge in [0.25, 0.3) is 0 Å². The molecule has 1 aliphatic rings.